The molecule has 1 N–H and O–H groups in total. The summed E-state index contributed by atoms with van der Waals surface area (Å²) < 4.78 is 1.16. The minimum atomic E-state index is 0.295. The SMILES string of the molecule is C[C@H](NC1=C(Cc2ccccc2)c2ccc(Br)cc2CC1)c1ccccc1. The highest BCUT2D eigenvalue weighted by Gasteiger charge is 2.21. The number of allylic oxidation sites excluding steroid dienone is 2. The van der Waals surface area contributed by atoms with Gasteiger partial charge in [-0.15, -0.1) is 0 Å². The Hall–Kier alpha value is -2.32. The van der Waals surface area contributed by atoms with Crippen molar-refractivity contribution in [3.8, 4) is 0 Å². The van der Waals surface area contributed by atoms with Crippen molar-refractivity contribution in [1.29, 1.82) is 0 Å². The lowest BCUT2D eigenvalue weighted by Crippen LogP contribution is -2.23. The molecular weight excluding hydrogens is 394 g/mol. The Balaban J connectivity index is 1.71. The molecule has 0 amide bonds. The Morgan fingerprint density at radius 2 is 1.59 bits per heavy atom. The van der Waals surface area contributed by atoms with Crippen molar-refractivity contribution in [2.45, 2.75) is 32.2 Å². The van der Waals surface area contributed by atoms with Gasteiger partial charge in [0, 0.05) is 16.2 Å². The molecule has 3 aromatic rings. The highest BCUT2D eigenvalue weighted by atomic mass is 79.9. The molecule has 1 atom stereocenters. The summed E-state index contributed by atoms with van der Waals surface area (Å²) in [4.78, 5) is 0. The predicted molar refractivity (Wildman–Crippen MR) is 118 cm³/mol. The van der Waals surface area contributed by atoms with Gasteiger partial charge in [-0.25, -0.2) is 0 Å². The summed E-state index contributed by atoms with van der Waals surface area (Å²) in [6.07, 6.45) is 3.10. The lowest BCUT2D eigenvalue weighted by Gasteiger charge is -2.28. The molecule has 3 aromatic carbocycles. The van der Waals surface area contributed by atoms with E-state index in [4.69, 9.17) is 0 Å². The van der Waals surface area contributed by atoms with Gasteiger partial charge in [-0.3, -0.25) is 0 Å². The molecule has 1 aliphatic rings. The van der Waals surface area contributed by atoms with Crippen LogP contribution in [-0.4, -0.2) is 0 Å². The maximum absolute atomic E-state index is 3.83. The number of nitrogens with one attached hydrogen (secondary N) is 1. The van der Waals surface area contributed by atoms with E-state index in [-0.39, 0.29) is 0 Å². The van der Waals surface area contributed by atoms with Gasteiger partial charge in [-0.05, 0) is 66.1 Å². The zero-order chi connectivity index (χ0) is 18.6. The third-order valence-corrected chi connectivity index (χ3v) is 5.81. The van der Waals surface area contributed by atoms with Gasteiger partial charge in [0.1, 0.15) is 0 Å². The maximum atomic E-state index is 3.83. The van der Waals surface area contributed by atoms with Crippen molar-refractivity contribution in [3.05, 3.63) is 111 Å². The largest absolute Gasteiger partial charge is 0.382 e. The number of benzene rings is 3. The van der Waals surface area contributed by atoms with Crippen LogP contribution in [0.4, 0.5) is 0 Å². The topological polar surface area (TPSA) is 12.0 Å². The zero-order valence-corrected chi connectivity index (χ0v) is 17.2. The molecule has 2 heteroatoms. The summed E-state index contributed by atoms with van der Waals surface area (Å²) in [6, 6.07) is 28.5. The van der Waals surface area contributed by atoms with Gasteiger partial charge in [-0.2, -0.15) is 0 Å². The van der Waals surface area contributed by atoms with Crippen molar-refractivity contribution in [3.63, 3.8) is 0 Å². The van der Waals surface area contributed by atoms with Gasteiger partial charge in [0.05, 0.1) is 0 Å². The van der Waals surface area contributed by atoms with Crippen LogP contribution in [0.1, 0.15) is 41.6 Å². The fraction of sp³-hybridized carbons (Fsp3) is 0.200. The van der Waals surface area contributed by atoms with Gasteiger partial charge < -0.3 is 5.32 Å². The molecule has 4 rings (SSSR count). The number of hydrogen-bond donors (Lipinski definition) is 1. The lowest BCUT2D eigenvalue weighted by molar-refractivity contribution is 0.622. The van der Waals surface area contributed by atoms with Crippen LogP contribution in [0.2, 0.25) is 0 Å². The monoisotopic (exact) mass is 417 g/mol. The first-order chi connectivity index (χ1) is 13.2. The van der Waals surface area contributed by atoms with E-state index < -0.39 is 0 Å². The average molecular weight is 418 g/mol. The van der Waals surface area contributed by atoms with Crippen LogP contribution in [0, 0.1) is 0 Å². The van der Waals surface area contributed by atoms with Crippen molar-refractivity contribution in [2.75, 3.05) is 0 Å². The molecule has 0 aliphatic heterocycles. The normalized spacial score (nSPS) is 14.6. The van der Waals surface area contributed by atoms with Crippen molar-refractivity contribution in [1.82, 2.24) is 5.32 Å². The molecule has 136 valence electrons. The highest BCUT2D eigenvalue weighted by Crippen LogP contribution is 2.35. The highest BCUT2D eigenvalue weighted by molar-refractivity contribution is 9.10. The van der Waals surface area contributed by atoms with Crippen LogP contribution in [0.15, 0.2) is 89.0 Å². The Bertz CT molecular complexity index is 945. The fourth-order valence-corrected chi connectivity index (χ4v) is 4.29. The van der Waals surface area contributed by atoms with Crippen LogP contribution >= 0.6 is 15.9 Å². The van der Waals surface area contributed by atoms with E-state index in [1.807, 2.05) is 0 Å². The van der Waals surface area contributed by atoms with Crippen LogP contribution < -0.4 is 5.32 Å². The second-order valence-corrected chi connectivity index (χ2v) is 8.11. The number of hydrogen-bond acceptors (Lipinski definition) is 1. The third-order valence-electron chi connectivity index (χ3n) is 5.32. The standard InChI is InChI=1S/C25H24BrN/c1-18(20-10-6-3-7-11-20)27-25-15-12-21-17-22(26)13-14-23(21)24(25)16-19-8-4-2-5-9-19/h2-11,13-14,17-18,27H,12,15-16H2,1H3/t18-/m0/s1. The molecule has 0 spiro atoms. The van der Waals surface area contributed by atoms with E-state index in [1.54, 1.807) is 0 Å². The lowest BCUT2D eigenvalue weighted by atomic mass is 9.85. The summed E-state index contributed by atoms with van der Waals surface area (Å²) in [5.74, 6) is 0. The van der Waals surface area contributed by atoms with Gasteiger partial charge in [-0.1, -0.05) is 82.7 Å². The molecule has 27 heavy (non-hydrogen) atoms. The molecule has 1 nitrogen and oxygen atoms in total. The van der Waals surface area contributed by atoms with Crippen LogP contribution in [0.5, 0.6) is 0 Å². The third kappa shape index (κ3) is 4.17. The van der Waals surface area contributed by atoms with Gasteiger partial charge in [0.25, 0.3) is 0 Å². The Morgan fingerprint density at radius 1 is 0.889 bits per heavy atom. The van der Waals surface area contributed by atoms with Gasteiger partial charge in [0.2, 0.25) is 0 Å². The summed E-state index contributed by atoms with van der Waals surface area (Å²) in [5, 5.41) is 3.83. The summed E-state index contributed by atoms with van der Waals surface area (Å²) in [5.41, 5.74) is 8.31. The van der Waals surface area contributed by atoms with Gasteiger partial charge in [0.15, 0.2) is 0 Å². The fourth-order valence-electron chi connectivity index (χ4n) is 3.88. The molecule has 0 saturated carbocycles. The molecule has 0 aromatic heterocycles. The van der Waals surface area contributed by atoms with E-state index in [2.05, 4.69) is 107 Å². The predicted octanol–water partition coefficient (Wildman–Crippen LogP) is 6.70. The molecule has 1 aliphatic carbocycles. The van der Waals surface area contributed by atoms with E-state index in [9.17, 15) is 0 Å². The molecule has 0 saturated heterocycles. The van der Waals surface area contributed by atoms with Crippen LogP contribution in [-0.2, 0) is 12.8 Å². The van der Waals surface area contributed by atoms with E-state index in [1.165, 1.54) is 33.5 Å². The van der Waals surface area contributed by atoms with Crippen molar-refractivity contribution < 1.29 is 0 Å². The molecule has 0 bridgehead atoms. The summed E-state index contributed by atoms with van der Waals surface area (Å²) in [6.45, 7) is 2.25. The Morgan fingerprint density at radius 3 is 2.33 bits per heavy atom. The zero-order valence-electron chi connectivity index (χ0n) is 15.6. The molecule has 0 heterocycles. The molecule has 0 radical (unpaired) electrons. The van der Waals surface area contributed by atoms with E-state index in [0.29, 0.717) is 6.04 Å². The first-order valence-corrected chi connectivity index (χ1v) is 10.4. The van der Waals surface area contributed by atoms with E-state index in [0.717, 1.165) is 23.7 Å². The number of aryl methyl sites for hydroxylation is 1. The smallest absolute Gasteiger partial charge is 0.0482 e. The summed E-state index contributed by atoms with van der Waals surface area (Å²) in [7, 11) is 0. The van der Waals surface area contributed by atoms with E-state index >= 15 is 0 Å². The quantitative estimate of drug-likeness (QED) is 0.486. The van der Waals surface area contributed by atoms with Gasteiger partial charge >= 0.3 is 0 Å². The van der Waals surface area contributed by atoms with Crippen LogP contribution in [0.25, 0.3) is 5.57 Å². The Kier molecular flexibility index (Phi) is 5.45. The first kappa shape index (κ1) is 18.1. The summed E-state index contributed by atoms with van der Waals surface area (Å²) >= 11 is 3.63. The average Bonchev–Trinajstić information content (AvgIpc) is 2.71. The van der Waals surface area contributed by atoms with Crippen molar-refractivity contribution in [2.24, 2.45) is 0 Å². The van der Waals surface area contributed by atoms with Crippen molar-refractivity contribution >= 4 is 21.5 Å². The molecule has 0 unspecified atom stereocenters. The second kappa shape index (κ2) is 8.14. The minimum absolute atomic E-state index is 0.295. The minimum Gasteiger partial charge on any atom is -0.382 e. The second-order valence-electron chi connectivity index (χ2n) is 7.20. The van der Waals surface area contributed by atoms with Crippen LogP contribution in [0.3, 0.4) is 0 Å². The molecular formula is C25H24BrN. The molecule has 0 fully saturated rings. The first-order valence-electron chi connectivity index (χ1n) is 9.57. The number of rotatable bonds is 5. The Labute approximate surface area is 170 Å². The maximum Gasteiger partial charge on any atom is 0.0482 e. The number of fused-ring (bicyclic) bond motifs is 1. The number of halogens is 1.